The lowest BCUT2D eigenvalue weighted by molar-refractivity contribution is 0.167. The van der Waals surface area contributed by atoms with Crippen molar-refractivity contribution in [2.75, 3.05) is 26.8 Å². The third-order valence-corrected chi connectivity index (χ3v) is 4.68. The molecular formula is C22H24N2O3. The minimum atomic E-state index is 0.614. The van der Waals surface area contributed by atoms with Gasteiger partial charge in [-0.1, -0.05) is 47.6 Å². The largest absolute Gasteiger partial charge is 0.486 e. The summed E-state index contributed by atoms with van der Waals surface area (Å²) in [6.07, 6.45) is 1.88. The monoisotopic (exact) mass is 364 g/mol. The summed E-state index contributed by atoms with van der Waals surface area (Å²) < 4.78 is 16.9. The molecule has 1 aliphatic heterocycles. The molecule has 0 spiro atoms. The molecule has 5 heteroatoms. The van der Waals surface area contributed by atoms with Crippen LogP contribution in [0.1, 0.15) is 17.7 Å². The van der Waals surface area contributed by atoms with Crippen LogP contribution in [0.25, 0.3) is 11.3 Å². The van der Waals surface area contributed by atoms with Crippen LogP contribution in [0, 0.1) is 0 Å². The van der Waals surface area contributed by atoms with Gasteiger partial charge in [0.05, 0.1) is 0 Å². The lowest BCUT2D eigenvalue weighted by atomic mass is 10.1. The number of nitrogens with zero attached hydrogens (tertiary/aromatic N) is 2. The summed E-state index contributed by atoms with van der Waals surface area (Å²) in [5.74, 6) is 2.66. The average molecular weight is 364 g/mol. The number of benzene rings is 2. The number of rotatable bonds is 7. The van der Waals surface area contributed by atoms with Crippen LogP contribution in [-0.4, -0.2) is 36.9 Å². The molecule has 1 aliphatic rings. The Bertz CT molecular complexity index is 876. The fourth-order valence-electron chi connectivity index (χ4n) is 3.33. The predicted molar refractivity (Wildman–Crippen MR) is 104 cm³/mol. The van der Waals surface area contributed by atoms with E-state index < -0.39 is 0 Å². The molecule has 0 aliphatic carbocycles. The first-order valence-electron chi connectivity index (χ1n) is 9.36. The van der Waals surface area contributed by atoms with E-state index in [1.807, 2.05) is 48.5 Å². The third kappa shape index (κ3) is 4.31. The Morgan fingerprint density at radius 3 is 2.74 bits per heavy atom. The van der Waals surface area contributed by atoms with Crippen molar-refractivity contribution in [3.8, 4) is 22.8 Å². The Morgan fingerprint density at radius 2 is 1.85 bits per heavy atom. The van der Waals surface area contributed by atoms with Gasteiger partial charge in [-0.25, -0.2) is 0 Å². The van der Waals surface area contributed by atoms with Crippen LogP contribution in [0.15, 0.2) is 59.1 Å². The summed E-state index contributed by atoms with van der Waals surface area (Å²) in [6, 6.07) is 18.2. The highest BCUT2D eigenvalue weighted by Crippen LogP contribution is 2.34. The summed E-state index contributed by atoms with van der Waals surface area (Å²) in [7, 11) is 2.12. The molecule has 0 atom stereocenters. The maximum absolute atomic E-state index is 5.80. The van der Waals surface area contributed by atoms with Gasteiger partial charge in [0.2, 0.25) is 0 Å². The second kappa shape index (κ2) is 8.27. The highest BCUT2D eigenvalue weighted by Gasteiger charge is 2.16. The molecule has 0 saturated heterocycles. The van der Waals surface area contributed by atoms with E-state index >= 15 is 0 Å². The Morgan fingerprint density at radius 1 is 1.00 bits per heavy atom. The minimum absolute atomic E-state index is 0.614. The molecule has 5 nitrogen and oxygen atoms in total. The highest BCUT2D eigenvalue weighted by molar-refractivity contribution is 5.58. The van der Waals surface area contributed by atoms with E-state index in [2.05, 4.69) is 23.2 Å². The molecule has 4 rings (SSSR count). The van der Waals surface area contributed by atoms with Crippen molar-refractivity contribution in [2.24, 2.45) is 0 Å². The van der Waals surface area contributed by atoms with E-state index in [0.717, 1.165) is 54.4 Å². The fraction of sp³-hybridized carbons (Fsp3) is 0.318. The summed E-state index contributed by atoms with van der Waals surface area (Å²) in [6.45, 7) is 3.03. The van der Waals surface area contributed by atoms with Crippen molar-refractivity contribution in [1.29, 1.82) is 0 Å². The van der Waals surface area contributed by atoms with Gasteiger partial charge in [-0.2, -0.15) is 0 Å². The molecule has 0 saturated carbocycles. The summed E-state index contributed by atoms with van der Waals surface area (Å²) >= 11 is 0. The smallest absolute Gasteiger partial charge is 0.165 e. The normalized spacial score (nSPS) is 13.1. The highest BCUT2D eigenvalue weighted by atomic mass is 16.6. The Balaban J connectivity index is 1.29. The lowest BCUT2D eigenvalue weighted by Crippen LogP contribution is -2.22. The van der Waals surface area contributed by atoms with Gasteiger partial charge in [0.15, 0.2) is 11.5 Å². The van der Waals surface area contributed by atoms with Crippen molar-refractivity contribution in [1.82, 2.24) is 10.1 Å². The van der Waals surface area contributed by atoms with Gasteiger partial charge in [0, 0.05) is 30.2 Å². The third-order valence-electron chi connectivity index (χ3n) is 4.68. The van der Waals surface area contributed by atoms with Crippen molar-refractivity contribution in [2.45, 2.75) is 19.4 Å². The first-order valence-corrected chi connectivity index (χ1v) is 9.36. The summed E-state index contributed by atoms with van der Waals surface area (Å²) in [5, 5.41) is 4.18. The van der Waals surface area contributed by atoms with Gasteiger partial charge in [-0.3, -0.25) is 0 Å². The van der Waals surface area contributed by atoms with Crippen LogP contribution in [0.2, 0.25) is 0 Å². The molecule has 3 aromatic rings. The summed E-state index contributed by atoms with van der Waals surface area (Å²) in [5.41, 5.74) is 3.15. The number of para-hydroxylation sites is 1. The maximum Gasteiger partial charge on any atom is 0.165 e. The summed E-state index contributed by atoms with van der Waals surface area (Å²) in [4.78, 5) is 2.29. The Labute approximate surface area is 159 Å². The zero-order chi connectivity index (χ0) is 18.5. The van der Waals surface area contributed by atoms with Crippen LogP contribution < -0.4 is 9.47 Å². The standard InChI is InChI=1S/C22H24N2O3/c1-24(16-18-9-5-11-21-22(18)26-14-13-25-21)12-6-10-19-15-20(23-27-19)17-7-3-2-4-8-17/h2-5,7-9,11,15H,6,10,12-14,16H2,1H3. The second-order valence-corrected chi connectivity index (χ2v) is 6.83. The second-order valence-electron chi connectivity index (χ2n) is 6.83. The molecular weight excluding hydrogens is 340 g/mol. The zero-order valence-corrected chi connectivity index (χ0v) is 15.6. The van der Waals surface area contributed by atoms with Crippen molar-refractivity contribution in [3.05, 3.63) is 65.9 Å². The molecule has 0 N–H and O–H groups in total. The fourth-order valence-corrected chi connectivity index (χ4v) is 3.33. The molecule has 0 unspecified atom stereocenters. The lowest BCUT2D eigenvalue weighted by Gasteiger charge is -2.23. The molecule has 27 heavy (non-hydrogen) atoms. The Hall–Kier alpha value is -2.79. The van der Waals surface area contributed by atoms with Gasteiger partial charge in [-0.15, -0.1) is 0 Å². The van der Waals surface area contributed by atoms with Gasteiger partial charge in [-0.05, 0) is 26.1 Å². The molecule has 2 aromatic carbocycles. The Kier molecular flexibility index (Phi) is 5.39. The van der Waals surface area contributed by atoms with E-state index in [0.29, 0.717) is 13.2 Å². The van der Waals surface area contributed by atoms with Gasteiger partial charge in [0.1, 0.15) is 24.7 Å². The number of aryl methyl sites for hydroxylation is 1. The van der Waals surface area contributed by atoms with Crippen LogP contribution in [0.5, 0.6) is 11.5 Å². The van der Waals surface area contributed by atoms with Crippen LogP contribution in [-0.2, 0) is 13.0 Å². The van der Waals surface area contributed by atoms with Crippen molar-refractivity contribution < 1.29 is 14.0 Å². The number of ether oxygens (including phenoxy) is 2. The molecule has 0 fully saturated rings. The number of fused-ring (bicyclic) bond motifs is 1. The zero-order valence-electron chi connectivity index (χ0n) is 15.6. The van der Waals surface area contributed by atoms with Crippen LogP contribution in [0.3, 0.4) is 0 Å². The molecule has 0 radical (unpaired) electrons. The average Bonchev–Trinajstić information content (AvgIpc) is 3.18. The molecule has 0 amide bonds. The quantitative estimate of drug-likeness (QED) is 0.629. The molecule has 1 aromatic heterocycles. The van der Waals surface area contributed by atoms with Gasteiger partial charge in [0.25, 0.3) is 0 Å². The molecule has 2 heterocycles. The number of aromatic nitrogens is 1. The van der Waals surface area contributed by atoms with E-state index in [1.165, 1.54) is 5.56 Å². The predicted octanol–water partition coefficient (Wildman–Crippen LogP) is 4.18. The minimum Gasteiger partial charge on any atom is -0.486 e. The van der Waals surface area contributed by atoms with Crippen molar-refractivity contribution >= 4 is 0 Å². The van der Waals surface area contributed by atoms with E-state index in [1.54, 1.807) is 0 Å². The molecule has 140 valence electrons. The van der Waals surface area contributed by atoms with E-state index in [9.17, 15) is 0 Å². The van der Waals surface area contributed by atoms with Gasteiger partial charge >= 0.3 is 0 Å². The molecule has 0 bridgehead atoms. The van der Waals surface area contributed by atoms with Crippen LogP contribution >= 0.6 is 0 Å². The van der Waals surface area contributed by atoms with E-state index in [4.69, 9.17) is 14.0 Å². The SMILES string of the molecule is CN(CCCc1cc(-c2ccccc2)no1)Cc1cccc2c1OCCO2. The van der Waals surface area contributed by atoms with Crippen LogP contribution in [0.4, 0.5) is 0 Å². The topological polar surface area (TPSA) is 47.7 Å². The van der Waals surface area contributed by atoms with Crippen molar-refractivity contribution in [3.63, 3.8) is 0 Å². The van der Waals surface area contributed by atoms with E-state index in [-0.39, 0.29) is 0 Å². The number of hydrogen-bond donors (Lipinski definition) is 0. The first-order chi connectivity index (χ1) is 13.3. The number of hydrogen-bond acceptors (Lipinski definition) is 5. The van der Waals surface area contributed by atoms with Gasteiger partial charge < -0.3 is 18.9 Å². The first kappa shape index (κ1) is 17.6. The maximum atomic E-state index is 5.80.